The van der Waals surface area contributed by atoms with E-state index < -0.39 is 6.04 Å². The second kappa shape index (κ2) is 6.84. The van der Waals surface area contributed by atoms with Crippen LogP contribution < -0.4 is 5.32 Å². The van der Waals surface area contributed by atoms with Crippen molar-refractivity contribution in [3.8, 4) is 11.4 Å². The van der Waals surface area contributed by atoms with Crippen LogP contribution in [0.3, 0.4) is 0 Å². The molecule has 1 aromatic heterocycles. The summed E-state index contributed by atoms with van der Waals surface area (Å²) in [5.41, 5.74) is 2.42. The molecule has 0 saturated carbocycles. The van der Waals surface area contributed by atoms with Gasteiger partial charge in [-0.1, -0.05) is 58.7 Å². The maximum atomic E-state index is 12.3. The average molecular weight is 342 g/mol. The second-order valence-electron chi connectivity index (χ2n) is 5.50. The Kier molecular flexibility index (Phi) is 4.62. The summed E-state index contributed by atoms with van der Waals surface area (Å²) in [7, 11) is 0. The van der Waals surface area contributed by atoms with Crippen molar-refractivity contribution in [3.63, 3.8) is 0 Å². The maximum absolute atomic E-state index is 12.3. The van der Waals surface area contributed by atoms with Gasteiger partial charge in [0, 0.05) is 5.56 Å². The predicted molar refractivity (Wildman–Crippen MR) is 91.8 cm³/mol. The summed E-state index contributed by atoms with van der Waals surface area (Å²) in [6.07, 6.45) is 0. The third-order valence-electron chi connectivity index (χ3n) is 3.59. The van der Waals surface area contributed by atoms with E-state index in [0.29, 0.717) is 22.3 Å². The van der Waals surface area contributed by atoms with E-state index in [0.717, 1.165) is 11.1 Å². The molecule has 6 heteroatoms. The lowest BCUT2D eigenvalue weighted by atomic mass is 10.1. The first-order valence-electron chi connectivity index (χ1n) is 7.50. The number of hydrogen-bond donors (Lipinski definition) is 1. The van der Waals surface area contributed by atoms with Gasteiger partial charge in [-0.2, -0.15) is 4.98 Å². The van der Waals surface area contributed by atoms with E-state index in [9.17, 15) is 4.79 Å². The maximum Gasteiger partial charge on any atom is 0.253 e. The Hall–Kier alpha value is -2.66. The van der Waals surface area contributed by atoms with Gasteiger partial charge in [0.2, 0.25) is 11.7 Å². The molecule has 0 radical (unpaired) electrons. The number of rotatable bonds is 4. The molecule has 1 unspecified atom stereocenters. The van der Waals surface area contributed by atoms with Crippen LogP contribution in [0, 0.1) is 6.92 Å². The van der Waals surface area contributed by atoms with Gasteiger partial charge in [0.1, 0.15) is 6.04 Å². The first kappa shape index (κ1) is 16.2. The molecular formula is C18H16ClN3O2. The van der Waals surface area contributed by atoms with Crippen molar-refractivity contribution in [1.29, 1.82) is 0 Å². The molecule has 1 amide bonds. The number of amides is 1. The van der Waals surface area contributed by atoms with Crippen LogP contribution in [0.25, 0.3) is 11.4 Å². The highest BCUT2D eigenvalue weighted by Gasteiger charge is 2.19. The molecule has 0 saturated heterocycles. The van der Waals surface area contributed by atoms with Gasteiger partial charge in [0.15, 0.2) is 0 Å². The van der Waals surface area contributed by atoms with Crippen molar-refractivity contribution < 1.29 is 9.32 Å². The minimum Gasteiger partial charge on any atom is -0.340 e. The van der Waals surface area contributed by atoms with Gasteiger partial charge in [-0.25, -0.2) is 0 Å². The predicted octanol–water partition coefficient (Wildman–Crippen LogP) is 4.19. The number of carbonyl (C=O) groups is 1. The molecule has 1 heterocycles. The molecule has 0 aliphatic carbocycles. The Morgan fingerprint density at radius 2 is 1.88 bits per heavy atom. The monoisotopic (exact) mass is 341 g/mol. The average Bonchev–Trinajstić information content (AvgIpc) is 3.06. The summed E-state index contributed by atoms with van der Waals surface area (Å²) in [6.45, 7) is 3.79. The second-order valence-corrected chi connectivity index (χ2v) is 5.90. The summed E-state index contributed by atoms with van der Waals surface area (Å²) >= 11 is 6.03. The van der Waals surface area contributed by atoms with Crippen molar-refractivity contribution in [2.24, 2.45) is 0 Å². The molecular weight excluding hydrogens is 326 g/mol. The van der Waals surface area contributed by atoms with Crippen molar-refractivity contribution in [1.82, 2.24) is 15.5 Å². The molecule has 24 heavy (non-hydrogen) atoms. The zero-order valence-corrected chi connectivity index (χ0v) is 14.0. The number of aryl methyl sites for hydroxylation is 1. The van der Waals surface area contributed by atoms with E-state index >= 15 is 0 Å². The minimum absolute atomic E-state index is 0.289. The van der Waals surface area contributed by atoms with Gasteiger partial charge in [0.25, 0.3) is 5.91 Å². The molecule has 0 spiro atoms. The Morgan fingerprint density at radius 1 is 1.17 bits per heavy atom. The molecule has 0 aliphatic heterocycles. The fourth-order valence-electron chi connectivity index (χ4n) is 2.21. The quantitative estimate of drug-likeness (QED) is 0.772. The SMILES string of the molecule is Cc1ccc(-c2noc(C(C)NC(=O)c3ccccc3Cl)n2)cc1. The summed E-state index contributed by atoms with van der Waals surface area (Å²) in [5.74, 6) is 0.540. The zero-order chi connectivity index (χ0) is 17.1. The lowest BCUT2D eigenvalue weighted by Crippen LogP contribution is -2.27. The fourth-order valence-corrected chi connectivity index (χ4v) is 2.43. The third kappa shape index (κ3) is 3.46. The van der Waals surface area contributed by atoms with Crippen molar-refractivity contribution >= 4 is 17.5 Å². The number of nitrogens with zero attached hydrogens (tertiary/aromatic N) is 2. The van der Waals surface area contributed by atoms with Gasteiger partial charge in [-0.05, 0) is 26.0 Å². The standard InChI is InChI=1S/C18H16ClN3O2/c1-11-7-9-13(10-8-11)16-21-18(24-22-16)12(2)20-17(23)14-5-3-4-6-15(14)19/h3-10,12H,1-2H3,(H,20,23). The highest BCUT2D eigenvalue weighted by Crippen LogP contribution is 2.20. The molecule has 2 aromatic carbocycles. The van der Waals surface area contributed by atoms with Crippen LogP contribution in [0.2, 0.25) is 5.02 Å². The van der Waals surface area contributed by atoms with Gasteiger partial charge < -0.3 is 9.84 Å². The lowest BCUT2D eigenvalue weighted by molar-refractivity contribution is 0.0932. The molecule has 122 valence electrons. The summed E-state index contributed by atoms with van der Waals surface area (Å²) < 4.78 is 5.27. The Bertz CT molecular complexity index is 859. The highest BCUT2D eigenvalue weighted by molar-refractivity contribution is 6.33. The number of hydrogen-bond acceptors (Lipinski definition) is 4. The first-order chi connectivity index (χ1) is 11.5. The van der Waals surface area contributed by atoms with Crippen LogP contribution in [0.4, 0.5) is 0 Å². The molecule has 0 aliphatic rings. The molecule has 0 fully saturated rings. The largest absolute Gasteiger partial charge is 0.340 e. The van der Waals surface area contributed by atoms with E-state index in [2.05, 4.69) is 15.5 Å². The van der Waals surface area contributed by atoms with Crippen LogP contribution >= 0.6 is 11.6 Å². The summed E-state index contributed by atoms with van der Waals surface area (Å²) in [4.78, 5) is 16.6. The Balaban J connectivity index is 1.74. The van der Waals surface area contributed by atoms with E-state index in [1.807, 2.05) is 31.2 Å². The number of carbonyl (C=O) groups excluding carboxylic acids is 1. The molecule has 3 aromatic rings. The molecule has 1 N–H and O–H groups in total. The van der Waals surface area contributed by atoms with Crippen LogP contribution in [0.5, 0.6) is 0 Å². The van der Waals surface area contributed by atoms with Crippen LogP contribution in [-0.2, 0) is 0 Å². The Morgan fingerprint density at radius 3 is 2.58 bits per heavy atom. The molecule has 5 nitrogen and oxygen atoms in total. The summed E-state index contributed by atoms with van der Waals surface area (Å²) in [5, 5.41) is 7.18. The number of nitrogens with one attached hydrogen (secondary N) is 1. The summed E-state index contributed by atoms with van der Waals surface area (Å²) in [6, 6.07) is 14.2. The zero-order valence-electron chi connectivity index (χ0n) is 13.3. The lowest BCUT2D eigenvalue weighted by Gasteiger charge is -2.10. The Labute approximate surface area is 144 Å². The van der Waals surface area contributed by atoms with Crippen molar-refractivity contribution in [2.75, 3.05) is 0 Å². The van der Waals surface area contributed by atoms with Crippen molar-refractivity contribution in [2.45, 2.75) is 19.9 Å². The third-order valence-corrected chi connectivity index (χ3v) is 3.92. The molecule has 1 atom stereocenters. The van der Waals surface area contributed by atoms with Gasteiger partial charge in [0.05, 0.1) is 10.6 Å². The smallest absolute Gasteiger partial charge is 0.253 e. The first-order valence-corrected chi connectivity index (χ1v) is 7.88. The molecule has 3 rings (SSSR count). The van der Waals surface area contributed by atoms with Crippen LogP contribution in [0.1, 0.15) is 34.8 Å². The normalized spacial score (nSPS) is 12.0. The van der Waals surface area contributed by atoms with Gasteiger partial charge >= 0.3 is 0 Å². The van der Waals surface area contributed by atoms with Gasteiger partial charge in [-0.15, -0.1) is 0 Å². The van der Waals surface area contributed by atoms with E-state index in [1.54, 1.807) is 31.2 Å². The van der Waals surface area contributed by atoms with Gasteiger partial charge in [-0.3, -0.25) is 4.79 Å². The highest BCUT2D eigenvalue weighted by atomic mass is 35.5. The van der Waals surface area contributed by atoms with E-state index in [1.165, 1.54) is 0 Å². The number of benzene rings is 2. The molecule has 0 bridgehead atoms. The number of halogens is 1. The van der Waals surface area contributed by atoms with Crippen molar-refractivity contribution in [3.05, 3.63) is 70.6 Å². The van der Waals surface area contributed by atoms with E-state index in [4.69, 9.17) is 16.1 Å². The fraction of sp³-hybridized carbons (Fsp3) is 0.167. The number of aromatic nitrogens is 2. The van der Waals surface area contributed by atoms with E-state index in [-0.39, 0.29) is 5.91 Å². The minimum atomic E-state index is -0.430. The van der Waals surface area contributed by atoms with Crippen LogP contribution in [0.15, 0.2) is 53.1 Å². The topological polar surface area (TPSA) is 68.0 Å². The van der Waals surface area contributed by atoms with Crippen LogP contribution in [-0.4, -0.2) is 16.0 Å².